The average Bonchev–Trinajstić information content (AvgIpc) is 3.40. The van der Waals surface area contributed by atoms with Crippen LogP contribution in [0.15, 0.2) is 29.4 Å². The van der Waals surface area contributed by atoms with Gasteiger partial charge in [0.2, 0.25) is 5.95 Å². The Morgan fingerprint density at radius 1 is 1.15 bits per heavy atom. The molecule has 0 unspecified atom stereocenters. The minimum atomic E-state index is 0.144. The monoisotopic (exact) mass is 482 g/mol. The second-order valence-electron chi connectivity index (χ2n) is 7.27. The van der Waals surface area contributed by atoms with Gasteiger partial charge in [-0.25, -0.2) is 0 Å². The van der Waals surface area contributed by atoms with Crippen LogP contribution in [0.3, 0.4) is 0 Å². The van der Waals surface area contributed by atoms with Crippen molar-refractivity contribution in [2.75, 3.05) is 23.7 Å². The van der Waals surface area contributed by atoms with E-state index in [1.807, 2.05) is 24.3 Å². The molecule has 0 radical (unpaired) electrons. The molecule has 0 bridgehead atoms. The summed E-state index contributed by atoms with van der Waals surface area (Å²) >= 11 is 3.77. The number of carbonyl (C=O) groups excluding carboxylic acids is 1. The van der Waals surface area contributed by atoms with Crippen LogP contribution in [0.4, 0.5) is 5.95 Å². The van der Waals surface area contributed by atoms with Crippen LogP contribution in [-0.2, 0) is 0 Å². The van der Waals surface area contributed by atoms with E-state index in [0.717, 1.165) is 39.2 Å². The number of thioether (sulfide) groups is 1. The highest BCUT2D eigenvalue weighted by Crippen LogP contribution is 2.41. The topological polar surface area (TPSA) is 51.0 Å². The van der Waals surface area contributed by atoms with Crippen LogP contribution in [0.1, 0.15) is 49.0 Å². The fourth-order valence-corrected chi connectivity index (χ4v) is 4.55. The molecule has 26 heavy (non-hydrogen) atoms. The highest BCUT2D eigenvalue weighted by Gasteiger charge is 2.32. The van der Waals surface area contributed by atoms with Crippen LogP contribution in [0.25, 0.3) is 0 Å². The number of Topliss-reactive ketones (excluding diaryl/α,β-unsaturated/α-hetero) is 1. The van der Waals surface area contributed by atoms with E-state index in [0.29, 0.717) is 11.8 Å². The Kier molecular flexibility index (Phi) is 5.54. The molecule has 1 aromatic carbocycles. The Labute approximate surface area is 172 Å². The molecule has 0 atom stereocenters. The van der Waals surface area contributed by atoms with Gasteiger partial charge < -0.3 is 4.90 Å². The number of piperidine rings is 1. The average molecular weight is 482 g/mol. The molecular formula is C19H23IN4OS. The second kappa shape index (κ2) is 7.88. The second-order valence-corrected chi connectivity index (χ2v) is 9.46. The van der Waals surface area contributed by atoms with Crippen molar-refractivity contribution in [3.63, 3.8) is 0 Å². The summed E-state index contributed by atoms with van der Waals surface area (Å²) < 4.78 is 3.42. The molecule has 4 rings (SSSR count). The van der Waals surface area contributed by atoms with Gasteiger partial charge in [-0.05, 0) is 66.3 Å². The van der Waals surface area contributed by atoms with E-state index in [4.69, 9.17) is 0 Å². The summed E-state index contributed by atoms with van der Waals surface area (Å²) in [7, 11) is 0. The molecule has 1 aliphatic heterocycles. The van der Waals surface area contributed by atoms with Crippen molar-refractivity contribution in [1.82, 2.24) is 14.8 Å². The van der Waals surface area contributed by atoms with E-state index < -0.39 is 0 Å². The molecule has 138 valence electrons. The smallest absolute Gasteiger partial charge is 0.228 e. The van der Waals surface area contributed by atoms with Gasteiger partial charge in [0.1, 0.15) is 0 Å². The fraction of sp³-hybridized carbons (Fsp3) is 0.526. The van der Waals surface area contributed by atoms with E-state index in [9.17, 15) is 4.79 Å². The zero-order chi connectivity index (χ0) is 18.1. The number of benzene rings is 1. The number of anilines is 1. The lowest BCUT2D eigenvalue weighted by Gasteiger charge is -2.31. The first kappa shape index (κ1) is 18.3. The number of carbonyl (C=O) groups is 1. The van der Waals surface area contributed by atoms with Gasteiger partial charge in [-0.3, -0.25) is 9.36 Å². The molecule has 5 nitrogen and oxygen atoms in total. The number of rotatable bonds is 6. The molecule has 0 spiro atoms. The first-order valence-electron chi connectivity index (χ1n) is 9.23. The molecule has 2 heterocycles. The molecule has 2 aliphatic rings. The molecule has 1 aromatic heterocycles. The van der Waals surface area contributed by atoms with Crippen molar-refractivity contribution < 1.29 is 4.79 Å². The molecule has 7 heteroatoms. The Balaban J connectivity index is 1.46. The minimum absolute atomic E-state index is 0.144. The lowest BCUT2D eigenvalue weighted by Crippen LogP contribution is -2.34. The third kappa shape index (κ3) is 4.08. The number of ketones is 1. The van der Waals surface area contributed by atoms with Crippen LogP contribution < -0.4 is 4.90 Å². The van der Waals surface area contributed by atoms with Gasteiger partial charge >= 0.3 is 0 Å². The number of nitrogens with zero attached hydrogens (tertiary/aromatic N) is 4. The molecule has 1 saturated carbocycles. The van der Waals surface area contributed by atoms with Gasteiger partial charge in [-0.1, -0.05) is 30.8 Å². The third-order valence-corrected chi connectivity index (χ3v) is 6.79. The highest BCUT2D eigenvalue weighted by molar-refractivity contribution is 14.1. The molecule has 0 amide bonds. The summed E-state index contributed by atoms with van der Waals surface area (Å²) in [5.41, 5.74) is 0.764. The molecule has 2 aromatic rings. The minimum Gasteiger partial charge on any atom is -0.341 e. The first-order valence-corrected chi connectivity index (χ1v) is 11.3. The van der Waals surface area contributed by atoms with Crippen molar-refractivity contribution in [2.45, 2.75) is 43.8 Å². The predicted molar refractivity (Wildman–Crippen MR) is 113 cm³/mol. The summed E-state index contributed by atoms with van der Waals surface area (Å²) in [5.74, 6) is 2.35. The zero-order valence-corrected chi connectivity index (χ0v) is 17.9. The molecule has 0 N–H and O–H groups in total. The van der Waals surface area contributed by atoms with Crippen molar-refractivity contribution in [1.29, 1.82) is 0 Å². The molecular weight excluding hydrogens is 459 g/mol. The van der Waals surface area contributed by atoms with E-state index in [1.165, 1.54) is 37.4 Å². The standard InChI is InChI=1S/C19H23IN4OS/c1-13-8-10-23(11-9-13)18-21-22-19(24(18)16-6-7-16)26-12-17(25)14-2-4-15(20)5-3-14/h2-5,13,16H,6-12H2,1H3. The number of aromatic nitrogens is 3. The lowest BCUT2D eigenvalue weighted by atomic mass is 10.00. The van der Waals surface area contributed by atoms with Gasteiger partial charge in [0, 0.05) is 28.3 Å². The van der Waals surface area contributed by atoms with Gasteiger partial charge in [0.15, 0.2) is 10.9 Å². The van der Waals surface area contributed by atoms with E-state index in [1.54, 1.807) is 0 Å². The molecule has 2 fully saturated rings. The fourth-order valence-electron chi connectivity index (χ4n) is 3.29. The maximum atomic E-state index is 12.5. The van der Waals surface area contributed by atoms with Crippen molar-refractivity contribution in [3.8, 4) is 0 Å². The summed E-state index contributed by atoms with van der Waals surface area (Å²) in [6, 6.07) is 8.25. The van der Waals surface area contributed by atoms with Crippen LogP contribution >= 0.6 is 34.4 Å². The number of hydrogen-bond donors (Lipinski definition) is 0. The van der Waals surface area contributed by atoms with E-state index in [2.05, 4.69) is 49.2 Å². The summed E-state index contributed by atoms with van der Waals surface area (Å²) in [5, 5.41) is 9.82. The van der Waals surface area contributed by atoms with Crippen LogP contribution in [-0.4, -0.2) is 39.4 Å². The van der Waals surface area contributed by atoms with E-state index >= 15 is 0 Å². The van der Waals surface area contributed by atoms with Crippen molar-refractivity contribution in [3.05, 3.63) is 33.4 Å². The van der Waals surface area contributed by atoms with Crippen molar-refractivity contribution in [2.24, 2.45) is 5.92 Å². The number of halogens is 1. The predicted octanol–water partition coefficient (Wildman–Crippen LogP) is 4.43. The quantitative estimate of drug-likeness (QED) is 0.347. The Morgan fingerprint density at radius 3 is 2.50 bits per heavy atom. The summed E-state index contributed by atoms with van der Waals surface area (Å²) in [6.45, 7) is 4.43. The van der Waals surface area contributed by atoms with Gasteiger partial charge in [-0.2, -0.15) is 0 Å². The van der Waals surface area contributed by atoms with Gasteiger partial charge in [0.05, 0.1) is 5.75 Å². The van der Waals surface area contributed by atoms with Crippen LogP contribution in [0.5, 0.6) is 0 Å². The normalized spacial score (nSPS) is 18.3. The Hall–Kier alpha value is -1.09. The maximum Gasteiger partial charge on any atom is 0.228 e. The Bertz CT molecular complexity index is 779. The summed E-state index contributed by atoms with van der Waals surface area (Å²) in [4.78, 5) is 14.9. The van der Waals surface area contributed by atoms with Gasteiger partial charge in [-0.15, -0.1) is 10.2 Å². The lowest BCUT2D eigenvalue weighted by molar-refractivity contribution is 0.102. The SMILES string of the molecule is CC1CCN(c2nnc(SCC(=O)c3ccc(I)cc3)n2C2CC2)CC1. The number of hydrogen-bond acceptors (Lipinski definition) is 5. The van der Waals surface area contributed by atoms with Crippen LogP contribution in [0, 0.1) is 9.49 Å². The highest BCUT2D eigenvalue weighted by atomic mass is 127. The third-order valence-electron chi connectivity index (χ3n) is 5.12. The van der Waals surface area contributed by atoms with Crippen molar-refractivity contribution >= 4 is 46.1 Å². The zero-order valence-electron chi connectivity index (χ0n) is 14.9. The van der Waals surface area contributed by atoms with Crippen LogP contribution in [0.2, 0.25) is 0 Å². The van der Waals surface area contributed by atoms with Gasteiger partial charge in [0.25, 0.3) is 0 Å². The van der Waals surface area contributed by atoms with E-state index in [-0.39, 0.29) is 5.78 Å². The largest absolute Gasteiger partial charge is 0.341 e. The first-order chi connectivity index (χ1) is 12.6. The Morgan fingerprint density at radius 2 is 1.85 bits per heavy atom. The molecule has 1 saturated heterocycles. The summed E-state index contributed by atoms with van der Waals surface area (Å²) in [6.07, 6.45) is 4.80. The molecule has 1 aliphatic carbocycles. The maximum absolute atomic E-state index is 12.5.